The number of rotatable bonds is 4. The number of furan rings is 1. The first-order valence-corrected chi connectivity index (χ1v) is 7.45. The highest BCUT2D eigenvalue weighted by atomic mass is 16.5. The summed E-state index contributed by atoms with van der Waals surface area (Å²) in [6.07, 6.45) is 1.31. The third-order valence-corrected chi connectivity index (χ3v) is 3.71. The number of ether oxygens (including phenoxy) is 1. The topological polar surface area (TPSA) is 77.2 Å². The van der Waals surface area contributed by atoms with Gasteiger partial charge in [-0.05, 0) is 44.5 Å². The van der Waals surface area contributed by atoms with Crippen LogP contribution in [0.2, 0.25) is 0 Å². The second-order valence-corrected chi connectivity index (χ2v) is 5.72. The average Bonchev–Trinajstić information content (AvgIpc) is 2.93. The summed E-state index contributed by atoms with van der Waals surface area (Å²) < 4.78 is 12.2. The molecular formula is C17H18N2O4. The molecule has 120 valence electrons. The molecule has 23 heavy (non-hydrogen) atoms. The van der Waals surface area contributed by atoms with E-state index in [-0.39, 0.29) is 23.6 Å². The number of nitrogens with one attached hydrogen (secondary N) is 1. The lowest BCUT2D eigenvalue weighted by molar-refractivity contribution is 0.215. The molecule has 0 fully saturated rings. The van der Waals surface area contributed by atoms with E-state index in [1.165, 1.54) is 6.07 Å². The standard InChI is InChI=1S/C17H18N2O4/c1-10(2)19-16(20)9-15(18-17(19)21)23-11(3)12-4-5-14-13(8-12)6-7-22-14/h4-11H,1-3H3,(H,18,21)/t11-/m0/s1. The molecule has 6 heteroatoms. The quantitative estimate of drug-likeness (QED) is 0.803. The first-order chi connectivity index (χ1) is 11.0. The zero-order valence-electron chi connectivity index (χ0n) is 13.2. The number of H-pyrrole nitrogens is 1. The van der Waals surface area contributed by atoms with Crippen molar-refractivity contribution in [2.45, 2.75) is 32.9 Å². The van der Waals surface area contributed by atoms with Crippen molar-refractivity contribution in [2.75, 3.05) is 0 Å². The molecule has 0 aliphatic heterocycles. The third kappa shape index (κ3) is 2.92. The number of aromatic amines is 1. The predicted octanol–water partition coefficient (Wildman–Crippen LogP) is 3.00. The van der Waals surface area contributed by atoms with Gasteiger partial charge in [-0.15, -0.1) is 0 Å². The normalized spacial score (nSPS) is 12.7. The summed E-state index contributed by atoms with van der Waals surface area (Å²) in [5.41, 5.74) is 0.873. The zero-order chi connectivity index (χ0) is 16.6. The summed E-state index contributed by atoms with van der Waals surface area (Å²) in [5.74, 6) is 0.164. The lowest BCUT2D eigenvalue weighted by Crippen LogP contribution is -2.36. The Morgan fingerprint density at radius 2 is 1.91 bits per heavy atom. The van der Waals surface area contributed by atoms with E-state index < -0.39 is 5.69 Å². The van der Waals surface area contributed by atoms with Crippen molar-refractivity contribution in [3.8, 4) is 5.88 Å². The summed E-state index contributed by atoms with van der Waals surface area (Å²) in [5, 5.41) is 0.974. The van der Waals surface area contributed by atoms with E-state index in [9.17, 15) is 9.59 Å². The number of hydrogen-bond acceptors (Lipinski definition) is 4. The minimum atomic E-state index is -0.472. The molecule has 3 aromatic rings. The van der Waals surface area contributed by atoms with E-state index in [1.54, 1.807) is 20.1 Å². The molecule has 0 bridgehead atoms. The van der Waals surface area contributed by atoms with Crippen molar-refractivity contribution in [1.29, 1.82) is 0 Å². The van der Waals surface area contributed by atoms with Gasteiger partial charge in [0, 0.05) is 11.4 Å². The van der Waals surface area contributed by atoms with Gasteiger partial charge in [-0.3, -0.25) is 14.3 Å². The van der Waals surface area contributed by atoms with Crippen LogP contribution in [0.25, 0.3) is 11.0 Å². The van der Waals surface area contributed by atoms with E-state index in [2.05, 4.69) is 4.98 Å². The third-order valence-electron chi connectivity index (χ3n) is 3.71. The van der Waals surface area contributed by atoms with Crippen molar-refractivity contribution in [3.05, 3.63) is 63.0 Å². The molecule has 0 spiro atoms. The largest absolute Gasteiger partial charge is 0.471 e. The summed E-state index contributed by atoms with van der Waals surface area (Å²) in [6, 6.07) is 8.68. The van der Waals surface area contributed by atoms with Crippen LogP contribution < -0.4 is 16.0 Å². The molecule has 1 aromatic carbocycles. The number of fused-ring (bicyclic) bond motifs is 1. The molecule has 1 atom stereocenters. The molecule has 0 aliphatic carbocycles. The van der Waals surface area contributed by atoms with Crippen LogP contribution in [0.5, 0.6) is 5.88 Å². The molecule has 0 amide bonds. The first kappa shape index (κ1) is 15.1. The lowest BCUT2D eigenvalue weighted by Gasteiger charge is -2.15. The predicted molar refractivity (Wildman–Crippen MR) is 87.0 cm³/mol. The van der Waals surface area contributed by atoms with Crippen molar-refractivity contribution in [1.82, 2.24) is 9.55 Å². The Kier molecular flexibility index (Phi) is 3.82. The monoisotopic (exact) mass is 314 g/mol. The van der Waals surface area contributed by atoms with Crippen LogP contribution >= 0.6 is 0 Å². The second kappa shape index (κ2) is 5.79. The maximum absolute atomic E-state index is 12.0. The summed E-state index contributed by atoms with van der Waals surface area (Å²) in [7, 11) is 0. The van der Waals surface area contributed by atoms with E-state index in [0.29, 0.717) is 0 Å². The molecule has 3 rings (SSSR count). The van der Waals surface area contributed by atoms with Crippen LogP contribution in [0.4, 0.5) is 0 Å². The van der Waals surface area contributed by atoms with Gasteiger partial charge in [0.2, 0.25) is 5.88 Å². The lowest BCUT2D eigenvalue weighted by atomic mass is 10.1. The van der Waals surface area contributed by atoms with Crippen LogP contribution in [0.3, 0.4) is 0 Å². The Hall–Kier alpha value is -2.76. The minimum Gasteiger partial charge on any atom is -0.471 e. The van der Waals surface area contributed by atoms with Crippen LogP contribution in [0, 0.1) is 0 Å². The van der Waals surface area contributed by atoms with Gasteiger partial charge in [0.1, 0.15) is 11.7 Å². The molecule has 0 aliphatic rings. The van der Waals surface area contributed by atoms with Crippen molar-refractivity contribution < 1.29 is 9.15 Å². The number of aromatic nitrogens is 2. The maximum atomic E-state index is 12.0. The Bertz CT molecular complexity index is 918. The Morgan fingerprint density at radius 1 is 1.13 bits per heavy atom. The molecule has 0 saturated heterocycles. The maximum Gasteiger partial charge on any atom is 0.331 e. The van der Waals surface area contributed by atoms with Crippen LogP contribution in [-0.2, 0) is 0 Å². The average molecular weight is 314 g/mol. The SMILES string of the molecule is CC(C)n1c(=O)cc(O[C@@H](C)c2ccc3occc3c2)[nH]c1=O. The van der Waals surface area contributed by atoms with Gasteiger partial charge in [0.15, 0.2) is 0 Å². The van der Waals surface area contributed by atoms with E-state index in [0.717, 1.165) is 21.1 Å². The Labute approximate surface area is 132 Å². The second-order valence-electron chi connectivity index (χ2n) is 5.72. The highest BCUT2D eigenvalue weighted by Gasteiger charge is 2.13. The summed E-state index contributed by atoms with van der Waals surface area (Å²) in [6.45, 7) is 5.41. The van der Waals surface area contributed by atoms with Crippen LogP contribution in [0.1, 0.15) is 38.5 Å². The zero-order valence-corrected chi connectivity index (χ0v) is 13.2. The van der Waals surface area contributed by atoms with Gasteiger partial charge in [0.25, 0.3) is 5.56 Å². The Morgan fingerprint density at radius 3 is 2.61 bits per heavy atom. The fourth-order valence-electron chi connectivity index (χ4n) is 2.53. The molecule has 2 aromatic heterocycles. The fourth-order valence-corrected chi connectivity index (χ4v) is 2.53. The first-order valence-electron chi connectivity index (χ1n) is 7.45. The van der Waals surface area contributed by atoms with Crippen LogP contribution in [-0.4, -0.2) is 9.55 Å². The molecule has 1 N–H and O–H groups in total. The summed E-state index contributed by atoms with van der Waals surface area (Å²) >= 11 is 0. The number of nitrogens with zero attached hydrogens (tertiary/aromatic N) is 1. The molecular weight excluding hydrogens is 296 g/mol. The highest BCUT2D eigenvalue weighted by molar-refractivity contribution is 5.77. The van der Waals surface area contributed by atoms with Gasteiger partial charge in [-0.25, -0.2) is 4.79 Å². The minimum absolute atomic E-state index is 0.164. The van der Waals surface area contributed by atoms with Gasteiger partial charge in [0.05, 0.1) is 12.3 Å². The van der Waals surface area contributed by atoms with Crippen LogP contribution in [0.15, 0.2) is 50.6 Å². The summed E-state index contributed by atoms with van der Waals surface area (Å²) in [4.78, 5) is 26.6. The van der Waals surface area contributed by atoms with E-state index in [1.807, 2.05) is 31.2 Å². The van der Waals surface area contributed by atoms with E-state index in [4.69, 9.17) is 9.15 Å². The molecule has 0 radical (unpaired) electrons. The fraction of sp³-hybridized carbons (Fsp3) is 0.294. The Balaban J connectivity index is 1.89. The molecule has 6 nitrogen and oxygen atoms in total. The number of benzene rings is 1. The molecule has 0 saturated carbocycles. The molecule has 2 heterocycles. The van der Waals surface area contributed by atoms with Gasteiger partial charge >= 0.3 is 5.69 Å². The smallest absolute Gasteiger partial charge is 0.331 e. The van der Waals surface area contributed by atoms with Gasteiger partial charge < -0.3 is 9.15 Å². The van der Waals surface area contributed by atoms with Crippen molar-refractivity contribution >= 4 is 11.0 Å². The van der Waals surface area contributed by atoms with Gasteiger partial charge in [-0.1, -0.05) is 6.07 Å². The van der Waals surface area contributed by atoms with Gasteiger partial charge in [-0.2, -0.15) is 0 Å². The number of hydrogen-bond donors (Lipinski definition) is 1. The van der Waals surface area contributed by atoms with E-state index >= 15 is 0 Å². The van der Waals surface area contributed by atoms with Crippen molar-refractivity contribution in [3.63, 3.8) is 0 Å². The highest BCUT2D eigenvalue weighted by Crippen LogP contribution is 2.23. The molecule has 0 unspecified atom stereocenters. The van der Waals surface area contributed by atoms with Crippen molar-refractivity contribution in [2.24, 2.45) is 0 Å².